The van der Waals surface area contributed by atoms with E-state index in [4.69, 9.17) is 5.11 Å². The van der Waals surface area contributed by atoms with Gasteiger partial charge in [0.15, 0.2) is 0 Å². The predicted octanol–water partition coefficient (Wildman–Crippen LogP) is 1.72. The van der Waals surface area contributed by atoms with Gasteiger partial charge in [0, 0.05) is 12.6 Å². The highest BCUT2D eigenvalue weighted by Gasteiger charge is 2.36. The van der Waals surface area contributed by atoms with E-state index in [1.165, 1.54) is 27.1 Å². The maximum Gasteiger partial charge on any atom is 0.313 e. The minimum absolute atomic E-state index is 0.0486. The first-order chi connectivity index (χ1) is 6.78. The van der Waals surface area contributed by atoms with Gasteiger partial charge in [-0.15, -0.1) is 0 Å². The van der Waals surface area contributed by atoms with Gasteiger partial charge in [0.05, 0.1) is 11.6 Å². The Morgan fingerprint density at radius 3 is 2.53 bits per heavy atom. The van der Waals surface area contributed by atoms with Crippen LogP contribution in [0.3, 0.4) is 0 Å². The second kappa shape index (κ2) is 3.60. The number of aliphatic carboxylic acids is 1. The van der Waals surface area contributed by atoms with Crippen molar-refractivity contribution in [2.75, 3.05) is 0 Å². The fraction of sp³-hybridized carbons (Fsp3) is 0.556. The number of carboxylic acid groups (broad SMARTS) is 1. The molecule has 1 aromatic heterocycles. The molecule has 0 aromatic carbocycles. The molecule has 0 fully saturated rings. The minimum Gasteiger partial charge on any atom is -0.481 e. The van der Waals surface area contributed by atoms with Gasteiger partial charge in [0.2, 0.25) is 0 Å². The molecule has 15 heavy (non-hydrogen) atoms. The molecule has 1 N–H and O–H groups in total. The van der Waals surface area contributed by atoms with Gasteiger partial charge in [0.25, 0.3) is 6.43 Å². The molecular weight excluding hydrogens is 206 g/mol. The summed E-state index contributed by atoms with van der Waals surface area (Å²) >= 11 is 0. The Kier molecular flexibility index (Phi) is 2.79. The Bertz CT molecular complexity index is 385. The van der Waals surface area contributed by atoms with E-state index >= 15 is 0 Å². The number of carboxylic acids is 1. The van der Waals surface area contributed by atoms with E-state index in [2.05, 4.69) is 5.10 Å². The summed E-state index contributed by atoms with van der Waals surface area (Å²) in [6, 6.07) is 0. The first-order valence-electron chi connectivity index (χ1n) is 4.32. The quantitative estimate of drug-likeness (QED) is 0.840. The summed E-state index contributed by atoms with van der Waals surface area (Å²) in [6.45, 7) is 2.75. The van der Waals surface area contributed by atoms with Gasteiger partial charge >= 0.3 is 5.97 Å². The zero-order valence-corrected chi connectivity index (χ0v) is 8.66. The SMILES string of the molecule is Cn1ncc(C(C)(C)C(=O)O)c1C(F)F. The van der Waals surface area contributed by atoms with E-state index in [0.29, 0.717) is 0 Å². The van der Waals surface area contributed by atoms with Crippen LogP contribution in [0.5, 0.6) is 0 Å². The molecule has 0 amide bonds. The van der Waals surface area contributed by atoms with Crippen molar-refractivity contribution in [2.24, 2.45) is 7.05 Å². The largest absolute Gasteiger partial charge is 0.481 e. The number of hydrogen-bond donors (Lipinski definition) is 1. The molecule has 0 atom stereocenters. The molecule has 1 rings (SSSR count). The molecule has 0 aliphatic carbocycles. The molecule has 0 saturated heterocycles. The third-order valence-electron chi connectivity index (χ3n) is 2.40. The molecule has 0 saturated carbocycles. The van der Waals surface area contributed by atoms with Gasteiger partial charge in [-0.3, -0.25) is 9.48 Å². The third kappa shape index (κ3) is 1.84. The standard InChI is InChI=1S/C9H12F2N2O2/c1-9(2,8(14)15)5-4-12-13(3)6(5)7(10)11/h4,7H,1-3H3,(H,14,15). The molecule has 0 aliphatic rings. The molecule has 0 bridgehead atoms. The number of carbonyl (C=O) groups is 1. The van der Waals surface area contributed by atoms with Crippen molar-refractivity contribution in [3.8, 4) is 0 Å². The highest BCUT2D eigenvalue weighted by molar-refractivity contribution is 5.80. The molecule has 0 spiro atoms. The summed E-state index contributed by atoms with van der Waals surface area (Å²) in [4.78, 5) is 10.9. The molecule has 4 nitrogen and oxygen atoms in total. The Hall–Kier alpha value is -1.46. The lowest BCUT2D eigenvalue weighted by Gasteiger charge is -2.19. The summed E-state index contributed by atoms with van der Waals surface area (Å²) in [7, 11) is 1.36. The summed E-state index contributed by atoms with van der Waals surface area (Å²) in [5.41, 5.74) is -1.66. The van der Waals surface area contributed by atoms with E-state index in [9.17, 15) is 13.6 Å². The summed E-state index contributed by atoms with van der Waals surface area (Å²) in [5, 5.41) is 12.6. The van der Waals surface area contributed by atoms with E-state index < -0.39 is 17.8 Å². The van der Waals surface area contributed by atoms with E-state index in [1.54, 1.807) is 0 Å². The Morgan fingerprint density at radius 2 is 2.13 bits per heavy atom. The monoisotopic (exact) mass is 218 g/mol. The minimum atomic E-state index is -2.73. The second-order valence-electron chi connectivity index (χ2n) is 3.80. The molecule has 0 radical (unpaired) electrons. The lowest BCUT2D eigenvalue weighted by molar-refractivity contribution is -0.142. The fourth-order valence-electron chi connectivity index (χ4n) is 1.30. The number of alkyl halides is 2. The van der Waals surface area contributed by atoms with Crippen LogP contribution in [0.25, 0.3) is 0 Å². The molecule has 0 aliphatic heterocycles. The number of rotatable bonds is 3. The van der Waals surface area contributed by atoms with Crippen LogP contribution in [0.1, 0.15) is 31.5 Å². The van der Waals surface area contributed by atoms with Crippen LogP contribution in [0.15, 0.2) is 6.20 Å². The average Bonchev–Trinajstić information content (AvgIpc) is 2.47. The number of nitrogens with zero attached hydrogens (tertiary/aromatic N) is 2. The van der Waals surface area contributed by atoms with Crippen LogP contribution in [-0.4, -0.2) is 20.9 Å². The van der Waals surface area contributed by atoms with Crippen molar-refractivity contribution in [1.82, 2.24) is 9.78 Å². The van der Waals surface area contributed by atoms with Crippen molar-refractivity contribution in [2.45, 2.75) is 25.7 Å². The molecule has 84 valence electrons. The topological polar surface area (TPSA) is 55.1 Å². The molecule has 6 heteroatoms. The van der Waals surface area contributed by atoms with Crippen molar-refractivity contribution < 1.29 is 18.7 Å². The molecule has 0 unspecified atom stereocenters. The van der Waals surface area contributed by atoms with Gasteiger partial charge in [-0.25, -0.2) is 8.78 Å². The smallest absolute Gasteiger partial charge is 0.313 e. The number of hydrogen-bond acceptors (Lipinski definition) is 2. The maximum absolute atomic E-state index is 12.7. The van der Waals surface area contributed by atoms with E-state index in [1.807, 2.05) is 0 Å². The normalized spacial score (nSPS) is 12.1. The Balaban J connectivity index is 3.32. The zero-order valence-electron chi connectivity index (χ0n) is 8.66. The highest BCUT2D eigenvalue weighted by atomic mass is 19.3. The first kappa shape index (κ1) is 11.6. The summed E-state index contributed by atoms with van der Waals surface area (Å²) in [6.07, 6.45) is -1.55. The fourth-order valence-corrected chi connectivity index (χ4v) is 1.30. The van der Waals surface area contributed by atoms with Crippen LogP contribution in [0, 0.1) is 0 Å². The average molecular weight is 218 g/mol. The summed E-state index contributed by atoms with van der Waals surface area (Å²) < 4.78 is 26.3. The Morgan fingerprint density at radius 1 is 1.60 bits per heavy atom. The summed E-state index contributed by atoms with van der Waals surface area (Å²) in [5.74, 6) is -1.16. The van der Waals surface area contributed by atoms with Crippen LogP contribution in [-0.2, 0) is 17.3 Å². The number of aromatic nitrogens is 2. The number of halogens is 2. The van der Waals surface area contributed by atoms with Gasteiger partial charge in [-0.05, 0) is 13.8 Å². The van der Waals surface area contributed by atoms with Crippen LogP contribution < -0.4 is 0 Å². The van der Waals surface area contributed by atoms with Crippen LogP contribution in [0.2, 0.25) is 0 Å². The van der Waals surface area contributed by atoms with Crippen molar-refractivity contribution in [1.29, 1.82) is 0 Å². The molecule has 1 heterocycles. The predicted molar refractivity (Wildman–Crippen MR) is 48.8 cm³/mol. The maximum atomic E-state index is 12.7. The lowest BCUT2D eigenvalue weighted by Crippen LogP contribution is -2.29. The lowest BCUT2D eigenvalue weighted by atomic mass is 9.85. The van der Waals surface area contributed by atoms with Gasteiger partial charge < -0.3 is 5.11 Å². The van der Waals surface area contributed by atoms with Crippen molar-refractivity contribution >= 4 is 5.97 Å². The zero-order chi connectivity index (χ0) is 11.8. The van der Waals surface area contributed by atoms with Crippen molar-refractivity contribution in [3.63, 3.8) is 0 Å². The van der Waals surface area contributed by atoms with Gasteiger partial charge in [-0.1, -0.05) is 0 Å². The third-order valence-corrected chi connectivity index (χ3v) is 2.40. The highest BCUT2D eigenvalue weighted by Crippen LogP contribution is 2.32. The van der Waals surface area contributed by atoms with Crippen molar-refractivity contribution in [3.05, 3.63) is 17.5 Å². The second-order valence-corrected chi connectivity index (χ2v) is 3.80. The molecule has 1 aromatic rings. The van der Waals surface area contributed by atoms with Crippen LogP contribution in [0.4, 0.5) is 8.78 Å². The molecular formula is C9H12F2N2O2. The van der Waals surface area contributed by atoms with E-state index in [0.717, 1.165) is 4.68 Å². The first-order valence-corrected chi connectivity index (χ1v) is 4.32. The van der Waals surface area contributed by atoms with Gasteiger partial charge in [0.1, 0.15) is 5.69 Å². The van der Waals surface area contributed by atoms with Crippen LogP contribution >= 0.6 is 0 Å². The Labute approximate surface area is 85.5 Å². The van der Waals surface area contributed by atoms with Gasteiger partial charge in [-0.2, -0.15) is 5.10 Å². The number of aryl methyl sites for hydroxylation is 1. The van der Waals surface area contributed by atoms with E-state index in [-0.39, 0.29) is 11.3 Å².